The van der Waals surface area contributed by atoms with Crippen molar-refractivity contribution in [2.45, 2.75) is 46.6 Å². The lowest BCUT2D eigenvalue weighted by molar-refractivity contribution is -0.128. The molecule has 1 aliphatic heterocycles. The number of hydrogen-bond donors (Lipinski definition) is 0. The molecule has 5 rings (SSSR count). The van der Waals surface area contributed by atoms with Gasteiger partial charge in [-0.25, -0.2) is 14.4 Å². The monoisotopic (exact) mass is 577 g/mol. The van der Waals surface area contributed by atoms with Crippen LogP contribution in [0, 0.1) is 25.6 Å². The Balaban J connectivity index is 1.50. The maximum Gasteiger partial charge on any atom is 0.271 e. The molecule has 2 fully saturated rings. The number of rotatable bonds is 9. The van der Waals surface area contributed by atoms with Crippen LogP contribution in [0.3, 0.4) is 0 Å². The van der Waals surface area contributed by atoms with Crippen LogP contribution in [0.1, 0.15) is 54.5 Å². The van der Waals surface area contributed by atoms with Crippen LogP contribution in [0.15, 0.2) is 33.5 Å². The highest BCUT2D eigenvalue weighted by molar-refractivity contribution is 6.23. The number of benzene rings is 1. The molecule has 2 aromatic heterocycles. The Labute approximate surface area is 241 Å². The average Bonchev–Trinajstić information content (AvgIpc) is 3.77. The average molecular weight is 578 g/mol. The first-order valence-corrected chi connectivity index (χ1v) is 13.7. The van der Waals surface area contributed by atoms with Gasteiger partial charge in [0.1, 0.15) is 23.2 Å². The zero-order chi connectivity index (χ0) is 30.3. The molecule has 0 unspecified atom stereocenters. The van der Waals surface area contributed by atoms with Crippen LogP contribution in [0.2, 0.25) is 0 Å². The Morgan fingerprint density at radius 3 is 2.19 bits per heavy atom. The lowest BCUT2D eigenvalue weighted by Crippen LogP contribution is -2.44. The summed E-state index contributed by atoms with van der Waals surface area (Å²) < 4.78 is 23.3. The van der Waals surface area contributed by atoms with Gasteiger partial charge in [0, 0.05) is 36.7 Å². The Morgan fingerprint density at radius 2 is 1.64 bits per heavy atom. The largest absolute Gasteiger partial charge is 0.492 e. The Bertz CT molecular complexity index is 1660. The van der Waals surface area contributed by atoms with Crippen LogP contribution in [0.5, 0.6) is 5.75 Å². The number of aromatic nitrogens is 3. The Hall–Kier alpha value is -4.55. The molecular weight excluding hydrogens is 545 g/mol. The van der Waals surface area contributed by atoms with E-state index in [1.54, 1.807) is 9.58 Å². The molecule has 0 bridgehead atoms. The van der Waals surface area contributed by atoms with Crippen molar-refractivity contribution >= 4 is 39.9 Å². The number of piperazine rings is 1. The van der Waals surface area contributed by atoms with Crippen molar-refractivity contribution in [3.63, 3.8) is 0 Å². The van der Waals surface area contributed by atoms with Gasteiger partial charge < -0.3 is 14.2 Å². The molecule has 0 atom stereocenters. The normalized spacial score (nSPS) is 15.6. The van der Waals surface area contributed by atoms with Gasteiger partial charge in [0.15, 0.2) is 22.8 Å². The minimum absolute atomic E-state index is 0.0373. The van der Waals surface area contributed by atoms with E-state index in [0.29, 0.717) is 31.7 Å². The van der Waals surface area contributed by atoms with Gasteiger partial charge >= 0.3 is 0 Å². The second-order valence-electron chi connectivity index (χ2n) is 10.7. The van der Waals surface area contributed by atoms with Gasteiger partial charge in [-0.1, -0.05) is 10.3 Å². The number of carbonyl (C=O) groups excluding carboxylic acids is 3. The number of pyridine rings is 1. The first-order chi connectivity index (χ1) is 20.0. The number of ether oxygens (including phenoxy) is 1. The summed E-state index contributed by atoms with van der Waals surface area (Å²) in [6.07, 6.45) is 2.97. The van der Waals surface area contributed by atoms with Crippen molar-refractivity contribution in [3.8, 4) is 5.75 Å². The fourth-order valence-electron chi connectivity index (χ4n) is 5.42. The Morgan fingerprint density at radius 1 is 1.02 bits per heavy atom. The topological polar surface area (TPSA) is 139 Å². The second-order valence-corrected chi connectivity index (χ2v) is 10.7. The van der Waals surface area contributed by atoms with Gasteiger partial charge in [0.2, 0.25) is 0 Å². The van der Waals surface area contributed by atoms with Crippen LogP contribution in [0.25, 0.3) is 10.9 Å². The van der Waals surface area contributed by atoms with Crippen LogP contribution in [0.4, 0.5) is 16.0 Å². The third kappa shape index (κ3) is 5.50. The van der Waals surface area contributed by atoms with Gasteiger partial charge in [-0.05, 0) is 52.7 Å². The molecule has 2 aliphatic rings. The quantitative estimate of drug-likeness (QED) is 0.212. The molecule has 0 amide bonds. The van der Waals surface area contributed by atoms with E-state index in [-0.39, 0.29) is 34.4 Å². The summed E-state index contributed by atoms with van der Waals surface area (Å²) in [7, 11) is 1.41. The van der Waals surface area contributed by atoms with E-state index < -0.39 is 34.5 Å². The van der Waals surface area contributed by atoms with Crippen molar-refractivity contribution in [1.82, 2.24) is 19.5 Å². The van der Waals surface area contributed by atoms with Crippen molar-refractivity contribution in [1.29, 1.82) is 0 Å². The fraction of sp³-hybridized carbons (Fsp3) is 0.448. The first-order valence-electron chi connectivity index (χ1n) is 13.7. The highest BCUT2D eigenvalue weighted by Gasteiger charge is 2.35. The van der Waals surface area contributed by atoms with Gasteiger partial charge in [-0.2, -0.15) is 0 Å². The molecule has 0 spiro atoms. The van der Waals surface area contributed by atoms with Gasteiger partial charge in [-0.15, -0.1) is 0 Å². The highest BCUT2D eigenvalue weighted by Crippen LogP contribution is 2.44. The summed E-state index contributed by atoms with van der Waals surface area (Å²) in [5.74, 6) is -3.99. The third-order valence-electron chi connectivity index (χ3n) is 7.49. The Kier molecular flexibility index (Phi) is 7.85. The number of ketones is 3. The van der Waals surface area contributed by atoms with E-state index in [1.165, 1.54) is 13.3 Å². The van der Waals surface area contributed by atoms with Crippen molar-refractivity contribution in [2.75, 3.05) is 38.2 Å². The summed E-state index contributed by atoms with van der Waals surface area (Å²) in [6, 6.07) is 2.93. The summed E-state index contributed by atoms with van der Waals surface area (Å²) in [6.45, 7) is 7.66. The molecule has 0 N–H and O–H groups in total. The number of methoxy groups -OCH3 is 1. The predicted octanol–water partition coefficient (Wildman–Crippen LogP) is 3.69. The minimum atomic E-state index is -1.58. The molecule has 0 radical (unpaired) electrons. The van der Waals surface area contributed by atoms with Crippen LogP contribution >= 0.6 is 0 Å². The highest BCUT2D eigenvalue weighted by atomic mass is 19.1. The molecule has 1 saturated heterocycles. The van der Waals surface area contributed by atoms with Crippen molar-refractivity contribution in [3.05, 3.63) is 51.3 Å². The van der Waals surface area contributed by atoms with E-state index in [4.69, 9.17) is 4.74 Å². The lowest BCUT2D eigenvalue weighted by Gasteiger charge is -2.35. The summed E-state index contributed by atoms with van der Waals surface area (Å²) in [4.78, 5) is 61.3. The van der Waals surface area contributed by atoms with Crippen LogP contribution in [-0.4, -0.2) is 70.2 Å². The van der Waals surface area contributed by atoms with Crippen molar-refractivity contribution in [2.24, 2.45) is 16.3 Å². The second kappa shape index (κ2) is 11.4. The standard InChI is InChI=1S/C29H32FN7O5/c1-15-12-16(2)32-29(31-15)33-34-36-10-8-35(9-11-36)25-22(30)13-20-24(28(25)42-5)37(19-6-7-19)14-21(26(20)40)27(41)23(17(3)38)18(4)39/h12-14,19,23H,6-11H2,1-5H3. The molecule has 220 valence electrons. The first kappa shape index (κ1) is 29.0. The SMILES string of the molecule is COc1c(N2CCN(N=Nc3nc(C)cc(C)n3)CC2)c(F)cc2c(=O)c(C(=O)C(C(C)=O)C(C)=O)cn(C3CC3)c12. The number of aryl methyl sites for hydroxylation is 2. The molecular formula is C29H32FN7O5. The van der Waals surface area contributed by atoms with E-state index >= 15 is 4.39 Å². The molecule has 12 nitrogen and oxygen atoms in total. The van der Waals surface area contributed by atoms with E-state index in [1.807, 2.05) is 24.8 Å². The van der Waals surface area contributed by atoms with Gasteiger partial charge in [0.25, 0.3) is 5.95 Å². The van der Waals surface area contributed by atoms with Gasteiger partial charge in [-0.3, -0.25) is 24.2 Å². The summed E-state index contributed by atoms with van der Waals surface area (Å²) >= 11 is 0. The maximum atomic E-state index is 15.8. The number of nitrogens with zero attached hydrogens (tertiary/aromatic N) is 7. The third-order valence-corrected chi connectivity index (χ3v) is 7.49. The van der Waals surface area contributed by atoms with E-state index in [9.17, 15) is 19.2 Å². The molecule has 42 heavy (non-hydrogen) atoms. The predicted molar refractivity (Wildman–Crippen MR) is 152 cm³/mol. The van der Waals surface area contributed by atoms with E-state index in [0.717, 1.165) is 44.1 Å². The summed E-state index contributed by atoms with van der Waals surface area (Å²) in [5.41, 5.74) is 1.09. The zero-order valence-electron chi connectivity index (χ0n) is 24.2. The molecule has 3 heterocycles. The van der Waals surface area contributed by atoms with Crippen LogP contribution < -0.4 is 15.1 Å². The molecule has 3 aromatic rings. The molecule has 1 saturated carbocycles. The number of carbonyl (C=O) groups is 3. The minimum Gasteiger partial charge on any atom is -0.492 e. The van der Waals surface area contributed by atoms with Crippen molar-refractivity contribution < 1.29 is 23.5 Å². The van der Waals surface area contributed by atoms with Crippen LogP contribution in [-0.2, 0) is 9.59 Å². The molecule has 13 heteroatoms. The fourth-order valence-corrected chi connectivity index (χ4v) is 5.42. The van der Waals surface area contributed by atoms with E-state index in [2.05, 4.69) is 20.3 Å². The smallest absolute Gasteiger partial charge is 0.271 e. The number of Topliss-reactive ketones (excluding diaryl/α,β-unsaturated/α-hetero) is 3. The number of halogens is 1. The maximum absolute atomic E-state index is 15.8. The van der Waals surface area contributed by atoms with Gasteiger partial charge in [0.05, 0.1) is 36.7 Å². The zero-order valence-corrected chi connectivity index (χ0v) is 24.2. The molecule has 1 aliphatic carbocycles. The summed E-state index contributed by atoms with van der Waals surface area (Å²) in [5, 5.41) is 10.1. The number of anilines is 1. The lowest BCUT2D eigenvalue weighted by atomic mass is 9.91. The number of fused-ring (bicyclic) bond motifs is 1. The molecule has 1 aromatic carbocycles. The number of hydrogen-bond acceptors (Lipinski definition) is 10.